The van der Waals surface area contributed by atoms with Crippen LogP contribution in [-0.2, 0) is 4.79 Å². The van der Waals surface area contributed by atoms with Gasteiger partial charge in [0, 0.05) is 19.6 Å². The summed E-state index contributed by atoms with van der Waals surface area (Å²) in [6.45, 7) is 0.262. The second kappa shape index (κ2) is 5.16. The van der Waals surface area contributed by atoms with Gasteiger partial charge in [0.15, 0.2) is 0 Å². The van der Waals surface area contributed by atoms with Gasteiger partial charge in [-0.15, -0.1) is 0 Å². The minimum absolute atomic E-state index is 0.130. The Balaban J connectivity index is 1.78. The summed E-state index contributed by atoms with van der Waals surface area (Å²) in [4.78, 5) is 24.7. The third-order valence-corrected chi connectivity index (χ3v) is 4.33. The molecule has 5 heteroatoms. The number of urea groups is 1. The molecule has 0 spiro atoms. The molecule has 0 aliphatic heterocycles. The number of carbonyl (C=O) groups is 2. The number of hydrogen-bond acceptors (Lipinski definition) is 2. The molecule has 0 aromatic rings. The first kappa shape index (κ1) is 13.2. The monoisotopic (exact) mass is 254 g/mol. The second-order valence-electron chi connectivity index (χ2n) is 5.65. The molecule has 2 aliphatic carbocycles. The Morgan fingerprint density at radius 3 is 2.39 bits per heavy atom. The van der Waals surface area contributed by atoms with E-state index in [0.29, 0.717) is 18.9 Å². The van der Waals surface area contributed by atoms with Crippen LogP contribution in [0.5, 0.6) is 0 Å². The lowest BCUT2D eigenvalue weighted by molar-refractivity contribution is -0.143. The van der Waals surface area contributed by atoms with E-state index in [1.807, 2.05) is 7.05 Å². The normalized spacial score (nSPS) is 22.3. The van der Waals surface area contributed by atoms with Gasteiger partial charge in [0.05, 0.1) is 5.41 Å². The molecule has 2 N–H and O–H groups in total. The molecule has 0 bridgehead atoms. The van der Waals surface area contributed by atoms with Crippen molar-refractivity contribution in [2.45, 2.75) is 51.0 Å². The van der Waals surface area contributed by atoms with Crippen LogP contribution < -0.4 is 5.32 Å². The van der Waals surface area contributed by atoms with Crippen LogP contribution in [-0.4, -0.2) is 41.6 Å². The molecular formula is C13H22N2O3. The van der Waals surface area contributed by atoms with Crippen LogP contribution in [0, 0.1) is 5.41 Å². The molecule has 102 valence electrons. The SMILES string of the molecule is CN(C(=O)NCC1(C(=O)O)CC1)C1CCCCC1. The number of carbonyl (C=O) groups excluding carboxylic acids is 1. The zero-order valence-corrected chi connectivity index (χ0v) is 10.9. The van der Waals surface area contributed by atoms with E-state index in [4.69, 9.17) is 5.11 Å². The highest BCUT2D eigenvalue weighted by Crippen LogP contribution is 2.45. The van der Waals surface area contributed by atoms with Gasteiger partial charge in [-0.25, -0.2) is 4.79 Å². The van der Waals surface area contributed by atoms with Gasteiger partial charge in [0.25, 0.3) is 0 Å². The highest BCUT2D eigenvalue weighted by atomic mass is 16.4. The molecule has 2 amide bonds. The van der Waals surface area contributed by atoms with Crippen molar-refractivity contribution in [2.24, 2.45) is 5.41 Å². The van der Waals surface area contributed by atoms with Crippen LogP contribution in [0.15, 0.2) is 0 Å². The molecule has 5 nitrogen and oxygen atoms in total. The highest BCUT2D eigenvalue weighted by molar-refractivity contribution is 5.80. The van der Waals surface area contributed by atoms with Crippen molar-refractivity contribution in [3.05, 3.63) is 0 Å². The first-order valence-electron chi connectivity index (χ1n) is 6.79. The first-order valence-corrected chi connectivity index (χ1v) is 6.79. The lowest BCUT2D eigenvalue weighted by atomic mass is 9.95. The summed E-state index contributed by atoms with van der Waals surface area (Å²) in [6.07, 6.45) is 7.10. The van der Waals surface area contributed by atoms with Crippen LogP contribution >= 0.6 is 0 Å². The van der Waals surface area contributed by atoms with Crippen LogP contribution in [0.25, 0.3) is 0 Å². The van der Waals surface area contributed by atoms with Gasteiger partial charge < -0.3 is 15.3 Å². The smallest absolute Gasteiger partial charge is 0.317 e. The van der Waals surface area contributed by atoms with Crippen molar-refractivity contribution in [1.29, 1.82) is 0 Å². The third kappa shape index (κ3) is 2.76. The Morgan fingerprint density at radius 1 is 1.28 bits per heavy atom. The Kier molecular flexibility index (Phi) is 3.78. The molecular weight excluding hydrogens is 232 g/mol. The summed E-state index contributed by atoms with van der Waals surface area (Å²) in [7, 11) is 1.81. The average Bonchev–Trinajstić information content (AvgIpc) is 3.17. The van der Waals surface area contributed by atoms with Gasteiger partial charge in [0.2, 0.25) is 0 Å². The maximum atomic E-state index is 12.0. The summed E-state index contributed by atoms with van der Waals surface area (Å²) in [5.41, 5.74) is -0.678. The molecule has 18 heavy (non-hydrogen) atoms. The maximum Gasteiger partial charge on any atom is 0.317 e. The van der Waals surface area contributed by atoms with Crippen LogP contribution in [0.3, 0.4) is 0 Å². The molecule has 2 saturated carbocycles. The second-order valence-corrected chi connectivity index (χ2v) is 5.65. The van der Waals surface area contributed by atoms with E-state index in [1.165, 1.54) is 19.3 Å². The van der Waals surface area contributed by atoms with Gasteiger partial charge in [-0.2, -0.15) is 0 Å². The fourth-order valence-electron chi connectivity index (χ4n) is 2.62. The molecule has 0 aromatic heterocycles. The predicted molar refractivity (Wildman–Crippen MR) is 67.3 cm³/mol. The van der Waals surface area contributed by atoms with Crippen molar-refractivity contribution in [2.75, 3.05) is 13.6 Å². The third-order valence-electron chi connectivity index (χ3n) is 4.33. The molecule has 2 rings (SSSR count). The summed E-state index contributed by atoms with van der Waals surface area (Å²) >= 11 is 0. The Morgan fingerprint density at radius 2 is 1.89 bits per heavy atom. The number of nitrogens with zero attached hydrogens (tertiary/aromatic N) is 1. The number of carboxylic acids is 1. The fraction of sp³-hybridized carbons (Fsp3) is 0.846. The lowest BCUT2D eigenvalue weighted by Gasteiger charge is -2.31. The van der Waals surface area contributed by atoms with Crippen molar-refractivity contribution < 1.29 is 14.7 Å². The van der Waals surface area contributed by atoms with Gasteiger partial charge in [-0.1, -0.05) is 19.3 Å². The number of carboxylic acid groups (broad SMARTS) is 1. The van der Waals surface area contributed by atoms with E-state index in [-0.39, 0.29) is 12.6 Å². The number of nitrogens with one attached hydrogen (secondary N) is 1. The molecule has 2 aliphatic rings. The lowest BCUT2D eigenvalue weighted by Crippen LogP contribution is -2.46. The Labute approximate surface area is 108 Å². The summed E-state index contributed by atoms with van der Waals surface area (Å²) in [5, 5.41) is 11.8. The van der Waals surface area contributed by atoms with E-state index in [0.717, 1.165) is 12.8 Å². The minimum atomic E-state index is -0.789. The van der Waals surface area contributed by atoms with Gasteiger partial charge in [-0.3, -0.25) is 4.79 Å². The fourth-order valence-corrected chi connectivity index (χ4v) is 2.62. The van der Waals surface area contributed by atoms with Crippen molar-refractivity contribution >= 4 is 12.0 Å². The highest BCUT2D eigenvalue weighted by Gasteiger charge is 2.50. The van der Waals surface area contributed by atoms with Crippen molar-refractivity contribution in [3.63, 3.8) is 0 Å². The molecule has 0 radical (unpaired) electrons. The number of rotatable bonds is 4. The minimum Gasteiger partial charge on any atom is -0.481 e. The summed E-state index contributed by atoms with van der Waals surface area (Å²) < 4.78 is 0. The number of hydrogen-bond donors (Lipinski definition) is 2. The predicted octanol–water partition coefficient (Wildman–Crippen LogP) is 1.83. The zero-order valence-electron chi connectivity index (χ0n) is 10.9. The Bertz CT molecular complexity index is 333. The van der Waals surface area contributed by atoms with E-state index in [9.17, 15) is 9.59 Å². The number of aliphatic carboxylic acids is 1. The number of amides is 2. The summed E-state index contributed by atoms with van der Waals surface area (Å²) in [5.74, 6) is -0.789. The standard InChI is InChI=1S/C13H22N2O3/c1-15(10-5-3-2-4-6-10)12(18)14-9-13(7-8-13)11(16)17/h10H,2-9H2,1H3,(H,14,18)(H,16,17). The van der Waals surface area contributed by atoms with Crippen LogP contribution in [0.4, 0.5) is 4.79 Å². The molecule has 0 aromatic carbocycles. The van der Waals surface area contributed by atoms with Crippen LogP contribution in [0.1, 0.15) is 44.9 Å². The van der Waals surface area contributed by atoms with E-state index in [1.54, 1.807) is 4.90 Å². The van der Waals surface area contributed by atoms with Gasteiger partial charge >= 0.3 is 12.0 Å². The van der Waals surface area contributed by atoms with Crippen molar-refractivity contribution in [3.8, 4) is 0 Å². The molecule has 0 atom stereocenters. The first-order chi connectivity index (χ1) is 8.55. The largest absolute Gasteiger partial charge is 0.481 e. The summed E-state index contributed by atoms with van der Waals surface area (Å²) in [6, 6.07) is 0.188. The van der Waals surface area contributed by atoms with Gasteiger partial charge in [-0.05, 0) is 25.7 Å². The molecule has 0 unspecified atom stereocenters. The van der Waals surface area contributed by atoms with E-state index >= 15 is 0 Å². The van der Waals surface area contributed by atoms with Gasteiger partial charge in [0.1, 0.15) is 0 Å². The molecule has 2 fully saturated rings. The maximum absolute atomic E-state index is 12.0. The Hall–Kier alpha value is -1.26. The molecule has 0 heterocycles. The molecule has 0 saturated heterocycles. The topological polar surface area (TPSA) is 69.6 Å². The average molecular weight is 254 g/mol. The van der Waals surface area contributed by atoms with Crippen molar-refractivity contribution in [1.82, 2.24) is 10.2 Å². The quantitative estimate of drug-likeness (QED) is 0.804. The van der Waals surface area contributed by atoms with Crippen LogP contribution in [0.2, 0.25) is 0 Å². The zero-order chi connectivity index (χ0) is 13.2. The van der Waals surface area contributed by atoms with E-state index in [2.05, 4.69) is 5.32 Å². The van der Waals surface area contributed by atoms with E-state index < -0.39 is 11.4 Å².